The number of carbonyl (C=O) groups is 2. The number of benzene rings is 1. The van der Waals surface area contributed by atoms with E-state index in [9.17, 15) is 9.59 Å². The number of primary amides is 1. The minimum atomic E-state index is -0.490. The van der Waals surface area contributed by atoms with Crippen LogP contribution >= 0.6 is 0 Å². The fraction of sp³-hybridized carbons (Fsp3) is 0.500. The number of rotatable bonds is 8. The fourth-order valence-electron chi connectivity index (χ4n) is 1.92. The van der Waals surface area contributed by atoms with Crippen molar-refractivity contribution in [3.05, 3.63) is 35.4 Å². The SMILES string of the molecule is CN(C)CCN(CCN(C)C)C(=O)c1ccc(C(N)=O)cc1. The van der Waals surface area contributed by atoms with Gasteiger partial charge in [-0.05, 0) is 52.5 Å². The van der Waals surface area contributed by atoms with Crippen LogP contribution in [0.4, 0.5) is 0 Å². The number of hydrogen-bond acceptors (Lipinski definition) is 4. The lowest BCUT2D eigenvalue weighted by Crippen LogP contribution is -2.40. The Balaban J connectivity index is 2.82. The molecule has 2 N–H and O–H groups in total. The molecule has 0 aliphatic heterocycles. The third-order valence-corrected chi connectivity index (χ3v) is 3.34. The molecule has 1 rings (SSSR count). The fourth-order valence-corrected chi connectivity index (χ4v) is 1.92. The second-order valence-corrected chi connectivity index (χ2v) is 5.84. The summed E-state index contributed by atoms with van der Waals surface area (Å²) in [6.45, 7) is 2.94. The van der Waals surface area contributed by atoms with Crippen molar-refractivity contribution in [2.24, 2.45) is 5.73 Å². The monoisotopic (exact) mass is 306 g/mol. The maximum absolute atomic E-state index is 12.6. The van der Waals surface area contributed by atoms with Gasteiger partial charge in [-0.25, -0.2) is 0 Å². The molecule has 0 aromatic heterocycles. The summed E-state index contributed by atoms with van der Waals surface area (Å²) in [4.78, 5) is 29.6. The lowest BCUT2D eigenvalue weighted by Gasteiger charge is -2.26. The van der Waals surface area contributed by atoms with Crippen LogP contribution in [0.15, 0.2) is 24.3 Å². The average molecular weight is 306 g/mol. The van der Waals surface area contributed by atoms with Crippen molar-refractivity contribution < 1.29 is 9.59 Å². The van der Waals surface area contributed by atoms with Crippen LogP contribution in [0.1, 0.15) is 20.7 Å². The van der Waals surface area contributed by atoms with Crippen molar-refractivity contribution in [1.29, 1.82) is 0 Å². The number of hydrogen-bond donors (Lipinski definition) is 1. The second-order valence-electron chi connectivity index (χ2n) is 5.84. The van der Waals surface area contributed by atoms with Gasteiger partial charge in [-0.3, -0.25) is 9.59 Å². The Hall–Kier alpha value is -1.92. The van der Waals surface area contributed by atoms with E-state index >= 15 is 0 Å². The zero-order valence-corrected chi connectivity index (χ0v) is 13.9. The van der Waals surface area contributed by atoms with Crippen LogP contribution in [0.2, 0.25) is 0 Å². The van der Waals surface area contributed by atoms with Crippen molar-refractivity contribution >= 4 is 11.8 Å². The largest absolute Gasteiger partial charge is 0.366 e. The van der Waals surface area contributed by atoms with Crippen LogP contribution in [0.3, 0.4) is 0 Å². The molecule has 0 radical (unpaired) electrons. The number of amides is 2. The standard InChI is InChI=1S/C16H26N4O2/c1-18(2)9-11-20(12-10-19(3)4)16(22)14-7-5-13(6-8-14)15(17)21/h5-8H,9-12H2,1-4H3,(H2,17,21). The molecule has 0 atom stereocenters. The molecular weight excluding hydrogens is 280 g/mol. The molecule has 0 aliphatic carbocycles. The van der Waals surface area contributed by atoms with Crippen molar-refractivity contribution in [2.45, 2.75) is 0 Å². The highest BCUT2D eigenvalue weighted by molar-refractivity contribution is 5.97. The minimum Gasteiger partial charge on any atom is -0.366 e. The van der Waals surface area contributed by atoms with E-state index in [1.807, 2.05) is 42.9 Å². The van der Waals surface area contributed by atoms with Gasteiger partial charge in [0, 0.05) is 37.3 Å². The normalized spacial score (nSPS) is 11.0. The molecule has 0 spiro atoms. The van der Waals surface area contributed by atoms with Gasteiger partial charge in [0.1, 0.15) is 0 Å². The molecule has 0 heterocycles. The van der Waals surface area contributed by atoms with Gasteiger partial charge in [-0.15, -0.1) is 0 Å². The predicted octanol–water partition coefficient (Wildman–Crippen LogP) is 0.351. The molecular formula is C16H26N4O2. The van der Waals surface area contributed by atoms with Gasteiger partial charge in [0.2, 0.25) is 5.91 Å². The predicted molar refractivity (Wildman–Crippen MR) is 88.0 cm³/mol. The van der Waals surface area contributed by atoms with Gasteiger partial charge in [0.05, 0.1) is 0 Å². The molecule has 6 heteroatoms. The van der Waals surface area contributed by atoms with E-state index in [1.54, 1.807) is 24.3 Å². The van der Waals surface area contributed by atoms with Crippen LogP contribution in [-0.4, -0.2) is 80.9 Å². The summed E-state index contributed by atoms with van der Waals surface area (Å²) in [5.74, 6) is -0.518. The van der Waals surface area contributed by atoms with Gasteiger partial charge in [0.15, 0.2) is 0 Å². The first kappa shape index (κ1) is 18.1. The smallest absolute Gasteiger partial charge is 0.253 e. The van der Waals surface area contributed by atoms with E-state index in [4.69, 9.17) is 5.73 Å². The summed E-state index contributed by atoms with van der Waals surface area (Å²) in [6, 6.07) is 6.48. The Bertz CT molecular complexity index is 485. The van der Waals surface area contributed by atoms with Gasteiger partial charge < -0.3 is 20.4 Å². The molecule has 122 valence electrons. The summed E-state index contributed by atoms with van der Waals surface area (Å²) in [5.41, 5.74) is 6.20. The summed E-state index contributed by atoms with van der Waals surface area (Å²) < 4.78 is 0. The lowest BCUT2D eigenvalue weighted by atomic mass is 10.1. The second kappa shape index (κ2) is 8.51. The molecule has 1 aromatic carbocycles. The zero-order chi connectivity index (χ0) is 16.7. The molecule has 0 unspecified atom stereocenters. The van der Waals surface area contributed by atoms with Gasteiger partial charge in [0.25, 0.3) is 5.91 Å². The van der Waals surface area contributed by atoms with Gasteiger partial charge >= 0.3 is 0 Å². The molecule has 0 saturated heterocycles. The number of nitrogens with zero attached hydrogens (tertiary/aromatic N) is 3. The van der Waals surface area contributed by atoms with Crippen LogP contribution in [0.25, 0.3) is 0 Å². The van der Waals surface area contributed by atoms with Crippen molar-refractivity contribution in [2.75, 3.05) is 54.4 Å². The van der Waals surface area contributed by atoms with E-state index in [0.717, 1.165) is 13.1 Å². The van der Waals surface area contributed by atoms with Crippen LogP contribution in [0, 0.1) is 0 Å². The molecule has 1 aromatic rings. The first-order chi connectivity index (χ1) is 10.3. The van der Waals surface area contributed by atoms with Crippen molar-refractivity contribution in [3.63, 3.8) is 0 Å². The zero-order valence-electron chi connectivity index (χ0n) is 13.9. The number of likely N-dealkylation sites (N-methyl/N-ethyl adjacent to an activating group) is 2. The third-order valence-electron chi connectivity index (χ3n) is 3.34. The topological polar surface area (TPSA) is 69.9 Å². The third kappa shape index (κ3) is 5.83. The Morgan fingerprint density at radius 1 is 0.818 bits per heavy atom. The first-order valence-electron chi connectivity index (χ1n) is 7.30. The van der Waals surface area contributed by atoms with E-state index in [1.165, 1.54) is 0 Å². The van der Waals surface area contributed by atoms with Crippen molar-refractivity contribution in [1.82, 2.24) is 14.7 Å². The Morgan fingerprint density at radius 2 is 1.23 bits per heavy atom. The molecule has 6 nitrogen and oxygen atoms in total. The van der Waals surface area contributed by atoms with Gasteiger partial charge in [-0.2, -0.15) is 0 Å². The quantitative estimate of drug-likeness (QED) is 0.752. The first-order valence-corrected chi connectivity index (χ1v) is 7.30. The molecule has 0 saturated carbocycles. The summed E-state index contributed by atoms with van der Waals surface area (Å²) in [6.07, 6.45) is 0. The van der Waals surface area contributed by atoms with Gasteiger partial charge in [-0.1, -0.05) is 0 Å². The van der Waals surface area contributed by atoms with E-state index in [-0.39, 0.29) is 5.91 Å². The Morgan fingerprint density at radius 3 is 1.59 bits per heavy atom. The van der Waals surface area contributed by atoms with E-state index in [0.29, 0.717) is 24.2 Å². The highest BCUT2D eigenvalue weighted by Crippen LogP contribution is 2.08. The van der Waals surface area contributed by atoms with Crippen LogP contribution < -0.4 is 5.73 Å². The highest BCUT2D eigenvalue weighted by Gasteiger charge is 2.16. The van der Waals surface area contributed by atoms with E-state index in [2.05, 4.69) is 0 Å². The van der Waals surface area contributed by atoms with Crippen molar-refractivity contribution in [3.8, 4) is 0 Å². The van der Waals surface area contributed by atoms with Crippen LogP contribution in [-0.2, 0) is 0 Å². The molecule has 0 bridgehead atoms. The molecule has 0 fully saturated rings. The van der Waals surface area contributed by atoms with Crippen LogP contribution in [0.5, 0.6) is 0 Å². The summed E-state index contributed by atoms with van der Waals surface area (Å²) >= 11 is 0. The summed E-state index contributed by atoms with van der Waals surface area (Å²) in [7, 11) is 7.93. The maximum atomic E-state index is 12.6. The Kier molecular flexibility index (Phi) is 7.01. The molecule has 22 heavy (non-hydrogen) atoms. The number of carbonyl (C=O) groups excluding carboxylic acids is 2. The Labute approximate surface area is 132 Å². The highest BCUT2D eigenvalue weighted by atomic mass is 16.2. The average Bonchev–Trinajstić information content (AvgIpc) is 2.46. The molecule has 0 aliphatic rings. The maximum Gasteiger partial charge on any atom is 0.253 e. The lowest BCUT2D eigenvalue weighted by molar-refractivity contribution is 0.0733. The van der Waals surface area contributed by atoms with E-state index < -0.39 is 5.91 Å². The number of nitrogens with two attached hydrogens (primary N) is 1. The summed E-state index contributed by atoms with van der Waals surface area (Å²) in [5, 5.41) is 0. The molecule has 2 amide bonds. The minimum absolute atomic E-state index is 0.0280.